The Kier molecular flexibility index (Phi) is 10.6. The fraction of sp³-hybridized carbons (Fsp3) is 0.842. The molecular weight excluding hydrogens is 481 g/mol. The van der Waals surface area contributed by atoms with Gasteiger partial charge in [0.1, 0.15) is 16.1 Å². The maximum absolute atomic E-state index is 13.0. The first-order chi connectivity index (χ1) is 13.6. The molecule has 0 aliphatic heterocycles. The molecule has 0 aromatic rings. The quantitative estimate of drug-likeness (QED) is 0.158. The molecule has 0 radical (unpaired) electrons. The fourth-order valence-electron chi connectivity index (χ4n) is 2.89. The zero-order chi connectivity index (χ0) is 25.1. The number of ether oxygens (including phenoxy) is 1. The molecule has 0 spiro atoms. The SMILES string of the molecule is C=C(C)C(=O)OC(O[Si](C)(C)C)(O[Si](C)(C)C)C(O[SiH2]C)(O[Si](C)(C)C)C(C)(C)O[SiH3]. The maximum Gasteiger partial charge on any atom is 0.369 e. The average Bonchev–Trinajstić information content (AvgIpc) is 2.49. The maximum atomic E-state index is 13.0. The highest BCUT2D eigenvalue weighted by Gasteiger charge is 2.70. The van der Waals surface area contributed by atoms with Crippen LogP contribution in [0.4, 0.5) is 0 Å². The lowest BCUT2D eigenvalue weighted by Gasteiger charge is -2.58. The standard InChI is InChI=1S/C19H46O7Si5/c1-15(2)16(20)21-19(25-30(9,10)11,26-31(12,13)14)18(23-28-5,17(3,4)22-27)24-29(6,7)8/h1,28H2,2-14,27H3. The van der Waals surface area contributed by atoms with Gasteiger partial charge in [0, 0.05) is 5.57 Å². The Morgan fingerprint density at radius 3 is 1.52 bits per heavy atom. The van der Waals surface area contributed by atoms with Gasteiger partial charge in [-0.2, -0.15) is 0 Å². The highest BCUT2D eigenvalue weighted by molar-refractivity contribution is 6.71. The van der Waals surface area contributed by atoms with Crippen LogP contribution in [0.1, 0.15) is 20.8 Å². The zero-order valence-electron chi connectivity index (χ0n) is 22.3. The van der Waals surface area contributed by atoms with Crippen molar-refractivity contribution >= 4 is 51.2 Å². The van der Waals surface area contributed by atoms with E-state index in [1.165, 1.54) is 0 Å². The summed E-state index contributed by atoms with van der Waals surface area (Å²) in [5.41, 5.74) is -0.778. The second kappa shape index (κ2) is 10.6. The Balaban J connectivity index is 7.50. The molecule has 0 N–H and O–H groups in total. The third-order valence-electron chi connectivity index (χ3n) is 3.96. The summed E-state index contributed by atoms with van der Waals surface area (Å²) in [4.78, 5) is 13.0. The van der Waals surface area contributed by atoms with Crippen molar-refractivity contribution in [2.24, 2.45) is 0 Å². The van der Waals surface area contributed by atoms with Gasteiger partial charge in [0.2, 0.25) is 0 Å². The number of hydrogen-bond donors (Lipinski definition) is 0. The minimum Gasteiger partial charge on any atom is -0.417 e. The van der Waals surface area contributed by atoms with Crippen LogP contribution in [0.2, 0.25) is 65.5 Å². The predicted molar refractivity (Wildman–Crippen MR) is 140 cm³/mol. The number of esters is 1. The van der Waals surface area contributed by atoms with Gasteiger partial charge in [-0.25, -0.2) is 4.79 Å². The largest absolute Gasteiger partial charge is 0.417 e. The van der Waals surface area contributed by atoms with E-state index in [0.29, 0.717) is 10.5 Å². The van der Waals surface area contributed by atoms with Gasteiger partial charge < -0.3 is 26.9 Å². The smallest absolute Gasteiger partial charge is 0.369 e. The second-order valence-corrected chi connectivity index (χ2v) is 25.7. The molecule has 0 aromatic heterocycles. The lowest BCUT2D eigenvalue weighted by atomic mass is 9.95. The van der Waals surface area contributed by atoms with Crippen LogP contribution in [0.15, 0.2) is 12.2 Å². The van der Waals surface area contributed by atoms with E-state index in [1.54, 1.807) is 6.92 Å². The van der Waals surface area contributed by atoms with E-state index >= 15 is 0 Å². The van der Waals surface area contributed by atoms with Crippen molar-refractivity contribution < 1.29 is 31.7 Å². The summed E-state index contributed by atoms with van der Waals surface area (Å²) in [6, 6.07) is 0. The van der Waals surface area contributed by atoms with Crippen molar-refractivity contribution in [3.63, 3.8) is 0 Å². The summed E-state index contributed by atoms with van der Waals surface area (Å²) in [6.45, 7) is 29.4. The molecule has 1 unspecified atom stereocenters. The van der Waals surface area contributed by atoms with Crippen LogP contribution in [-0.2, 0) is 31.7 Å². The highest BCUT2D eigenvalue weighted by atomic mass is 28.4. The van der Waals surface area contributed by atoms with Gasteiger partial charge in [-0.1, -0.05) is 13.1 Å². The van der Waals surface area contributed by atoms with Crippen LogP contribution < -0.4 is 0 Å². The van der Waals surface area contributed by atoms with Crippen molar-refractivity contribution in [2.45, 2.75) is 104 Å². The summed E-state index contributed by atoms with van der Waals surface area (Å²) in [5, 5.41) is 0. The van der Waals surface area contributed by atoms with E-state index in [9.17, 15) is 4.79 Å². The van der Waals surface area contributed by atoms with Gasteiger partial charge in [0.15, 0.2) is 34.7 Å². The minimum absolute atomic E-state index is 0.239. The molecule has 0 saturated heterocycles. The molecule has 0 rings (SSSR count). The van der Waals surface area contributed by atoms with Crippen LogP contribution in [0.25, 0.3) is 0 Å². The summed E-state index contributed by atoms with van der Waals surface area (Å²) in [7, 11) is -7.75. The van der Waals surface area contributed by atoms with Crippen molar-refractivity contribution in [1.82, 2.24) is 0 Å². The van der Waals surface area contributed by atoms with Crippen LogP contribution in [0, 0.1) is 0 Å². The van der Waals surface area contributed by atoms with E-state index in [1.807, 2.05) is 59.7 Å². The highest BCUT2D eigenvalue weighted by Crippen LogP contribution is 2.48. The minimum atomic E-state index is -2.38. The molecule has 0 fully saturated rings. The van der Waals surface area contributed by atoms with Crippen LogP contribution in [-0.4, -0.2) is 68.5 Å². The Labute approximate surface area is 198 Å². The van der Waals surface area contributed by atoms with Crippen molar-refractivity contribution in [3.05, 3.63) is 12.2 Å². The number of carbonyl (C=O) groups excluding carboxylic acids is 1. The molecular formula is C19H46O7Si5. The normalized spacial score (nSPS) is 16.5. The first-order valence-electron chi connectivity index (χ1n) is 10.8. The van der Waals surface area contributed by atoms with Crippen molar-refractivity contribution in [1.29, 1.82) is 0 Å². The molecule has 0 aliphatic carbocycles. The molecule has 0 amide bonds. The predicted octanol–water partition coefficient (Wildman–Crippen LogP) is 3.23. The summed E-state index contributed by atoms with van der Waals surface area (Å²) >= 11 is 0. The molecule has 1 atom stereocenters. The lowest BCUT2D eigenvalue weighted by molar-refractivity contribution is -0.440. The van der Waals surface area contributed by atoms with Gasteiger partial charge in [0.05, 0.1) is 0 Å². The number of rotatable bonds is 13. The van der Waals surface area contributed by atoms with Gasteiger partial charge in [-0.3, -0.25) is 0 Å². The Bertz CT molecular complexity index is 619. The van der Waals surface area contributed by atoms with Gasteiger partial charge in [-0.15, -0.1) is 0 Å². The topological polar surface area (TPSA) is 72.5 Å². The first kappa shape index (κ1) is 31.1. The molecule has 0 saturated carbocycles. The zero-order valence-corrected chi connectivity index (χ0v) is 28.7. The molecule has 184 valence electrons. The van der Waals surface area contributed by atoms with E-state index in [-0.39, 0.29) is 5.57 Å². The lowest BCUT2D eigenvalue weighted by Crippen LogP contribution is -2.77. The number of carbonyl (C=O) groups is 1. The molecule has 0 bridgehead atoms. The van der Waals surface area contributed by atoms with Gasteiger partial charge in [-0.05, 0) is 79.7 Å². The van der Waals surface area contributed by atoms with Crippen molar-refractivity contribution in [3.8, 4) is 0 Å². The first-order valence-corrected chi connectivity index (χ1v) is 23.8. The van der Waals surface area contributed by atoms with Gasteiger partial charge >= 0.3 is 11.9 Å². The molecule has 31 heavy (non-hydrogen) atoms. The average molecular weight is 527 g/mol. The summed E-state index contributed by atoms with van der Waals surface area (Å²) in [5.74, 6) is -4.15. The molecule has 0 aliphatic rings. The van der Waals surface area contributed by atoms with Crippen LogP contribution in [0.3, 0.4) is 0 Å². The summed E-state index contributed by atoms with van der Waals surface area (Å²) in [6.07, 6.45) is 0. The van der Waals surface area contributed by atoms with Crippen LogP contribution in [0.5, 0.6) is 0 Å². The van der Waals surface area contributed by atoms with E-state index in [0.717, 1.165) is 0 Å². The Morgan fingerprint density at radius 1 is 0.871 bits per heavy atom. The Morgan fingerprint density at radius 2 is 1.26 bits per heavy atom. The molecule has 0 heterocycles. The molecule has 0 aromatic carbocycles. The third kappa shape index (κ3) is 8.75. The fourth-order valence-corrected chi connectivity index (χ4v) is 7.69. The summed E-state index contributed by atoms with van der Waals surface area (Å²) < 4.78 is 38.9. The number of hydrogen-bond acceptors (Lipinski definition) is 7. The monoisotopic (exact) mass is 526 g/mol. The molecule has 7 nitrogen and oxygen atoms in total. The second-order valence-electron chi connectivity index (χ2n) is 11.1. The van der Waals surface area contributed by atoms with Crippen LogP contribution >= 0.6 is 0 Å². The Hall–Kier alpha value is 0.0944. The van der Waals surface area contributed by atoms with E-state index in [2.05, 4.69) is 26.2 Å². The van der Waals surface area contributed by atoms with Gasteiger partial charge in [0.25, 0.3) is 5.79 Å². The third-order valence-corrected chi connectivity index (χ3v) is 8.34. The van der Waals surface area contributed by atoms with E-state index < -0.39 is 58.0 Å². The van der Waals surface area contributed by atoms with Crippen molar-refractivity contribution in [2.75, 3.05) is 0 Å². The molecule has 12 heteroatoms. The van der Waals surface area contributed by atoms with E-state index in [4.69, 9.17) is 26.9 Å².